The summed E-state index contributed by atoms with van der Waals surface area (Å²) in [5, 5.41) is 19.1. The maximum Gasteiger partial charge on any atom is 0.256 e. The van der Waals surface area contributed by atoms with E-state index in [0.29, 0.717) is 18.5 Å². The Bertz CT molecular complexity index is 445. The molecule has 1 saturated heterocycles. The monoisotopic (exact) mass is 236 g/mol. The van der Waals surface area contributed by atoms with E-state index in [4.69, 9.17) is 0 Å². The molecule has 0 unspecified atom stereocenters. The van der Waals surface area contributed by atoms with Crippen molar-refractivity contribution in [3.8, 4) is 5.75 Å². The summed E-state index contributed by atoms with van der Waals surface area (Å²) >= 11 is 0. The van der Waals surface area contributed by atoms with E-state index < -0.39 is 11.6 Å². The summed E-state index contributed by atoms with van der Waals surface area (Å²) in [5.74, 6) is -0.247. The van der Waals surface area contributed by atoms with Gasteiger partial charge in [0.2, 0.25) is 0 Å². The average molecular weight is 236 g/mol. The first kappa shape index (κ1) is 11.9. The number of aromatic hydroxyl groups is 1. The molecule has 1 aliphatic heterocycles. The van der Waals surface area contributed by atoms with Crippen LogP contribution in [0.15, 0.2) is 18.5 Å². The number of aromatic nitrogens is 1. The van der Waals surface area contributed by atoms with Crippen molar-refractivity contribution in [2.45, 2.75) is 31.9 Å². The van der Waals surface area contributed by atoms with E-state index in [1.807, 2.05) is 13.8 Å². The summed E-state index contributed by atoms with van der Waals surface area (Å²) in [6, 6.07) is 1.39. The SMILES string of the molecule is CC1(C)[C@@H](O)CCN1C(=O)c1cncc(O)c1. The molecule has 17 heavy (non-hydrogen) atoms. The lowest BCUT2D eigenvalue weighted by Crippen LogP contribution is -2.48. The van der Waals surface area contributed by atoms with Crippen LogP contribution >= 0.6 is 0 Å². The summed E-state index contributed by atoms with van der Waals surface area (Å²) in [6.45, 7) is 4.18. The van der Waals surface area contributed by atoms with Crippen LogP contribution in [0.1, 0.15) is 30.6 Å². The first-order valence-electron chi connectivity index (χ1n) is 5.57. The number of carbonyl (C=O) groups is 1. The third-order valence-corrected chi connectivity index (χ3v) is 3.35. The van der Waals surface area contributed by atoms with E-state index in [2.05, 4.69) is 4.98 Å². The van der Waals surface area contributed by atoms with Gasteiger partial charge in [-0.25, -0.2) is 0 Å². The summed E-state index contributed by atoms with van der Waals surface area (Å²) in [7, 11) is 0. The lowest BCUT2D eigenvalue weighted by atomic mass is 9.98. The molecule has 0 aromatic carbocycles. The number of aliphatic hydroxyl groups excluding tert-OH is 1. The van der Waals surface area contributed by atoms with Crippen molar-refractivity contribution in [3.05, 3.63) is 24.0 Å². The third kappa shape index (κ3) is 1.98. The maximum absolute atomic E-state index is 12.2. The molecule has 0 saturated carbocycles. The van der Waals surface area contributed by atoms with Crippen molar-refractivity contribution in [2.75, 3.05) is 6.54 Å². The molecule has 1 fully saturated rings. The number of likely N-dealkylation sites (tertiary alicyclic amines) is 1. The number of amides is 1. The second-order valence-electron chi connectivity index (χ2n) is 4.85. The van der Waals surface area contributed by atoms with Gasteiger partial charge in [-0.3, -0.25) is 9.78 Å². The van der Waals surface area contributed by atoms with Gasteiger partial charge < -0.3 is 15.1 Å². The highest BCUT2D eigenvalue weighted by atomic mass is 16.3. The average Bonchev–Trinajstić information content (AvgIpc) is 2.53. The fourth-order valence-electron chi connectivity index (χ4n) is 2.14. The predicted octanol–water partition coefficient (Wildman–Crippen LogP) is 0.773. The predicted molar refractivity (Wildman–Crippen MR) is 61.6 cm³/mol. The lowest BCUT2D eigenvalue weighted by Gasteiger charge is -2.33. The molecule has 1 atom stereocenters. The molecule has 1 aromatic heterocycles. The van der Waals surface area contributed by atoms with Crippen molar-refractivity contribution in [1.82, 2.24) is 9.88 Å². The number of rotatable bonds is 1. The van der Waals surface area contributed by atoms with Crippen molar-refractivity contribution >= 4 is 5.91 Å². The van der Waals surface area contributed by atoms with Gasteiger partial charge in [-0.15, -0.1) is 0 Å². The Kier molecular flexibility index (Phi) is 2.79. The fourth-order valence-corrected chi connectivity index (χ4v) is 2.14. The van der Waals surface area contributed by atoms with Crippen LogP contribution in [0.5, 0.6) is 5.75 Å². The highest BCUT2D eigenvalue weighted by Crippen LogP contribution is 2.30. The first-order chi connectivity index (χ1) is 7.93. The lowest BCUT2D eigenvalue weighted by molar-refractivity contribution is 0.0393. The molecule has 1 aliphatic rings. The quantitative estimate of drug-likeness (QED) is 0.755. The van der Waals surface area contributed by atoms with Crippen LogP contribution in [0.2, 0.25) is 0 Å². The number of carbonyl (C=O) groups excluding carboxylic acids is 1. The van der Waals surface area contributed by atoms with Gasteiger partial charge in [-0.05, 0) is 26.3 Å². The molecule has 2 N–H and O–H groups in total. The van der Waals surface area contributed by atoms with Crippen LogP contribution < -0.4 is 0 Å². The van der Waals surface area contributed by atoms with E-state index in [1.165, 1.54) is 18.5 Å². The summed E-state index contributed by atoms with van der Waals surface area (Å²) in [5.41, 5.74) is -0.241. The van der Waals surface area contributed by atoms with Crippen molar-refractivity contribution in [1.29, 1.82) is 0 Å². The smallest absolute Gasteiger partial charge is 0.256 e. The van der Waals surface area contributed by atoms with Crippen molar-refractivity contribution in [2.24, 2.45) is 0 Å². The van der Waals surface area contributed by atoms with Gasteiger partial charge in [0.05, 0.1) is 23.4 Å². The van der Waals surface area contributed by atoms with E-state index in [0.717, 1.165) is 0 Å². The van der Waals surface area contributed by atoms with Gasteiger partial charge >= 0.3 is 0 Å². The van der Waals surface area contributed by atoms with Gasteiger partial charge in [-0.2, -0.15) is 0 Å². The molecule has 1 amide bonds. The molecule has 1 aromatic rings. The van der Waals surface area contributed by atoms with Crippen LogP contribution in [-0.4, -0.2) is 44.2 Å². The number of hydrogen-bond donors (Lipinski definition) is 2. The van der Waals surface area contributed by atoms with Gasteiger partial charge in [0.1, 0.15) is 5.75 Å². The molecule has 2 heterocycles. The van der Waals surface area contributed by atoms with Gasteiger partial charge in [0.25, 0.3) is 5.91 Å². The Morgan fingerprint density at radius 2 is 2.24 bits per heavy atom. The molecule has 2 rings (SSSR count). The van der Waals surface area contributed by atoms with E-state index in [-0.39, 0.29) is 11.7 Å². The molecule has 92 valence electrons. The second kappa shape index (κ2) is 4.00. The largest absolute Gasteiger partial charge is 0.506 e. The van der Waals surface area contributed by atoms with Crippen LogP contribution in [0.25, 0.3) is 0 Å². The molecule has 5 nitrogen and oxygen atoms in total. The standard InChI is InChI=1S/C12H16N2O3/c1-12(2)10(16)3-4-14(12)11(17)8-5-9(15)7-13-6-8/h5-7,10,15-16H,3-4H2,1-2H3/t10-/m0/s1. The minimum Gasteiger partial charge on any atom is -0.506 e. The zero-order chi connectivity index (χ0) is 12.6. The summed E-state index contributed by atoms with van der Waals surface area (Å²) < 4.78 is 0. The number of nitrogens with zero attached hydrogens (tertiary/aromatic N) is 2. The van der Waals surface area contributed by atoms with E-state index in [1.54, 1.807) is 4.90 Å². The molecular formula is C12H16N2O3. The van der Waals surface area contributed by atoms with Crippen LogP contribution in [-0.2, 0) is 0 Å². The van der Waals surface area contributed by atoms with Crippen molar-refractivity contribution < 1.29 is 15.0 Å². The Morgan fingerprint density at radius 3 is 2.76 bits per heavy atom. The Morgan fingerprint density at radius 1 is 1.53 bits per heavy atom. The molecule has 0 spiro atoms. The van der Waals surface area contributed by atoms with Gasteiger partial charge in [0, 0.05) is 12.7 Å². The zero-order valence-electron chi connectivity index (χ0n) is 9.92. The zero-order valence-corrected chi connectivity index (χ0v) is 9.92. The first-order valence-corrected chi connectivity index (χ1v) is 5.57. The summed E-state index contributed by atoms with van der Waals surface area (Å²) in [4.78, 5) is 17.6. The summed E-state index contributed by atoms with van der Waals surface area (Å²) in [6.07, 6.45) is 2.76. The number of aliphatic hydroxyl groups is 1. The Balaban J connectivity index is 2.27. The van der Waals surface area contributed by atoms with Gasteiger partial charge in [-0.1, -0.05) is 0 Å². The fraction of sp³-hybridized carbons (Fsp3) is 0.500. The number of pyridine rings is 1. The number of hydrogen-bond acceptors (Lipinski definition) is 4. The second-order valence-corrected chi connectivity index (χ2v) is 4.85. The molecule has 0 bridgehead atoms. The highest BCUT2D eigenvalue weighted by molar-refractivity contribution is 5.95. The van der Waals surface area contributed by atoms with E-state index in [9.17, 15) is 15.0 Å². The Hall–Kier alpha value is -1.62. The molecule has 0 aliphatic carbocycles. The van der Waals surface area contributed by atoms with Crippen LogP contribution in [0.3, 0.4) is 0 Å². The van der Waals surface area contributed by atoms with Crippen LogP contribution in [0, 0.1) is 0 Å². The topological polar surface area (TPSA) is 73.7 Å². The van der Waals surface area contributed by atoms with Crippen molar-refractivity contribution in [3.63, 3.8) is 0 Å². The maximum atomic E-state index is 12.2. The normalized spacial score (nSPS) is 22.8. The molecule has 5 heteroatoms. The molecular weight excluding hydrogens is 220 g/mol. The van der Waals surface area contributed by atoms with Crippen LogP contribution in [0.4, 0.5) is 0 Å². The van der Waals surface area contributed by atoms with E-state index >= 15 is 0 Å². The highest BCUT2D eigenvalue weighted by Gasteiger charge is 2.43. The third-order valence-electron chi connectivity index (χ3n) is 3.35. The molecule has 0 radical (unpaired) electrons. The minimum atomic E-state index is -0.581. The van der Waals surface area contributed by atoms with Gasteiger partial charge in [0.15, 0.2) is 0 Å². The Labute approximate surface area is 99.7 Å². The minimum absolute atomic E-state index is 0.0339.